The normalized spacial score (nSPS) is 26.5. The minimum absolute atomic E-state index is 0.126. The first kappa shape index (κ1) is 7.17. The second-order valence-electron chi connectivity index (χ2n) is 2.26. The molecule has 0 atom stereocenters. The summed E-state index contributed by atoms with van der Waals surface area (Å²) in [7, 11) is -3.15. The lowest BCUT2D eigenvalue weighted by atomic mass is 10.6. The summed E-state index contributed by atoms with van der Waals surface area (Å²) in [5.41, 5.74) is 0. The molecule has 0 bridgehead atoms. The van der Waals surface area contributed by atoms with Crippen molar-refractivity contribution < 1.29 is 8.42 Å². The quantitative estimate of drug-likeness (QED) is 0.547. The summed E-state index contributed by atoms with van der Waals surface area (Å²) in [6.07, 6.45) is 1.85. The Hall–Kier alpha value is -0.490. The average molecular weight is 190 g/mol. The average Bonchev–Trinajstić information content (AvgIpc) is 2.31. The maximum Gasteiger partial charge on any atom is 0.257 e. The van der Waals surface area contributed by atoms with Gasteiger partial charge in [-0.2, -0.15) is 0 Å². The van der Waals surface area contributed by atoms with E-state index in [1.54, 1.807) is 0 Å². The summed E-state index contributed by atoms with van der Waals surface area (Å²) in [6.45, 7) is 0.532. The first-order valence-corrected chi connectivity index (χ1v) is 5.59. The number of nitrogens with zero attached hydrogens (tertiary/aromatic N) is 2. The lowest BCUT2D eigenvalue weighted by Crippen LogP contribution is -2.31. The molecule has 0 fully saturated rings. The molecule has 60 valence electrons. The molecule has 4 nitrogen and oxygen atoms in total. The van der Waals surface area contributed by atoms with Gasteiger partial charge < -0.3 is 4.90 Å². The minimum atomic E-state index is -3.15. The molecule has 6 heteroatoms. The van der Waals surface area contributed by atoms with Gasteiger partial charge in [0.2, 0.25) is 0 Å². The lowest BCUT2D eigenvalue weighted by molar-refractivity contribution is 0.557. The Morgan fingerprint density at radius 3 is 3.27 bits per heavy atom. The molecule has 0 saturated carbocycles. The van der Waals surface area contributed by atoms with Crippen LogP contribution in [0.3, 0.4) is 0 Å². The van der Waals surface area contributed by atoms with Crippen LogP contribution in [0.1, 0.15) is 0 Å². The van der Waals surface area contributed by atoms with E-state index in [1.807, 2.05) is 16.5 Å². The zero-order valence-corrected chi connectivity index (χ0v) is 7.23. The molecule has 0 saturated heterocycles. The molecule has 2 aliphatic rings. The van der Waals surface area contributed by atoms with Gasteiger partial charge in [-0.05, 0) is 5.41 Å². The Labute approximate surface area is 69.0 Å². The third kappa shape index (κ3) is 1.28. The van der Waals surface area contributed by atoms with E-state index >= 15 is 0 Å². The zero-order valence-electron chi connectivity index (χ0n) is 5.60. The van der Waals surface area contributed by atoms with Crippen LogP contribution in [0.5, 0.6) is 0 Å². The monoisotopic (exact) mass is 190 g/mol. The van der Waals surface area contributed by atoms with E-state index in [-0.39, 0.29) is 5.75 Å². The third-order valence-electron chi connectivity index (χ3n) is 1.47. The lowest BCUT2D eigenvalue weighted by Gasteiger charge is -2.19. The van der Waals surface area contributed by atoms with E-state index in [0.29, 0.717) is 11.7 Å². The van der Waals surface area contributed by atoms with Crippen LogP contribution in [-0.4, -0.2) is 30.8 Å². The van der Waals surface area contributed by atoms with Crippen molar-refractivity contribution in [3.8, 4) is 0 Å². The number of sulfonamides is 1. The van der Waals surface area contributed by atoms with Gasteiger partial charge in [0.15, 0.2) is 5.17 Å². The van der Waals surface area contributed by atoms with Crippen molar-refractivity contribution in [2.45, 2.75) is 0 Å². The molecule has 11 heavy (non-hydrogen) atoms. The maximum absolute atomic E-state index is 10.9. The Bertz CT molecular complexity index is 330. The van der Waals surface area contributed by atoms with Gasteiger partial charge >= 0.3 is 0 Å². The minimum Gasteiger partial charge on any atom is -0.325 e. The molecule has 0 radical (unpaired) electrons. The summed E-state index contributed by atoms with van der Waals surface area (Å²) < 4.78 is 25.5. The van der Waals surface area contributed by atoms with E-state index in [4.69, 9.17) is 0 Å². The predicted octanol–water partition coefficient (Wildman–Crippen LogP) is 0.206. The van der Waals surface area contributed by atoms with Crippen LogP contribution >= 0.6 is 11.8 Å². The van der Waals surface area contributed by atoms with Crippen molar-refractivity contribution in [1.29, 1.82) is 0 Å². The van der Waals surface area contributed by atoms with Crippen LogP contribution < -0.4 is 0 Å². The zero-order chi connectivity index (χ0) is 7.90. The van der Waals surface area contributed by atoms with Crippen molar-refractivity contribution in [3.05, 3.63) is 11.6 Å². The Morgan fingerprint density at radius 1 is 1.64 bits per heavy atom. The molecule has 0 aromatic rings. The Kier molecular flexibility index (Phi) is 1.47. The van der Waals surface area contributed by atoms with Gasteiger partial charge in [0.05, 0.1) is 5.75 Å². The summed E-state index contributed by atoms with van der Waals surface area (Å²) in [4.78, 5) is 1.84. The maximum atomic E-state index is 10.9. The number of thioether (sulfide) groups is 1. The van der Waals surface area contributed by atoms with E-state index in [2.05, 4.69) is 4.40 Å². The standard InChI is InChI=1S/C5H6N2O2S2/c8-11(9)4-2-7-1-3-10-5(7)6-11/h1,3H,2,4H2. The van der Waals surface area contributed by atoms with Crippen molar-refractivity contribution in [2.75, 3.05) is 12.3 Å². The SMILES string of the molecule is O=S1(=O)CCN2C=CSC2=N1. The predicted molar refractivity (Wildman–Crippen MR) is 44.7 cm³/mol. The highest BCUT2D eigenvalue weighted by Gasteiger charge is 2.24. The van der Waals surface area contributed by atoms with Crippen LogP contribution in [0.2, 0.25) is 0 Å². The Morgan fingerprint density at radius 2 is 2.45 bits per heavy atom. The van der Waals surface area contributed by atoms with Crippen LogP contribution in [0.4, 0.5) is 0 Å². The number of amidine groups is 1. The van der Waals surface area contributed by atoms with Crippen molar-refractivity contribution >= 4 is 27.0 Å². The van der Waals surface area contributed by atoms with Crippen LogP contribution in [0.15, 0.2) is 16.0 Å². The van der Waals surface area contributed by atoms with Gasteiger partial charge in [-0.1, -0.05) is 11.8 Å². The second kappa shape index (κ2) is 2.25. The fourth-order valence-electron chi connectivity index (χ4n) is 0.919. The molecule has 0 aromatic carbocycles. The summed E-state index contributed by atoms with van der Waals surface area (Å²) in [5, 5.41) is 2.41. The number of hydrogen-bond acceptors (Lipinski definition) is 4. The van der Waals surface area contributed by atoms with Gasteiger partial charge in [-0.15, -0.1) is 4.40 Å². The Balaban J connectivity index is 2.41. The van der Waals surface area contributed by atoms with E-state index in [0.717, 1.165) is 0 Å². The van der Waals surface area contributed by atoms with Crippen LogP contribution in [-0.2, 0) is 10.0 Å². The highest BCUT2D eigenvalue weighted by Crippen LogP contribution is 2.23. The van der Waals surface area contributed by atoms with Gasteiger partial charge in [0.25, 0.3) is 10.0 Å². The highest BCUT2D eigenvalue weighted by atomic mass is 32.2. The first-order chi connectivity index (χ1) is 5.17. The largest absolute Gasteiger partial charge is 0.325 e. The van der Waals surface area contributed by atoms with E-state index < -0.39 is 10.0 Å². The molecule has 0 spiro atoms. The fraction of sp³-hybridized carbons (Fsp3) is 0.400. The summed E-state index contributed by atoms with van der Waals surface area (Å²) in [5.74, 6) is 0.126. The summed E-state index contributed by atoms with van der Waals surface area (Å²) in [6, 6.07) is 0. The molecule has 2 heterocycles. The molecule has 0 aromatic heterocycles. The van der Waals surface area contributed by atoms with Gasteiger partial charge in [-0.25, -0.2) is 8.42 Å². The third-order valence-corrected chi connectivity index (χ3v) is 3.53. The molecule has 0 aliphatic carbocycles. The molecule has 2 aliphatic heterocycles. The van der Waals surface area contributed by atoms with E-state index in [1.165, 1.54) is 11.8 Å². The number of hydrogen-bond donors (Lipinski definition) is 0. The smallest absolute Gasteiger partial charge is 0.257 e. The van der Waals surface area contributed by atoms with Crippen molar-refractivity contribution in [3.63, 3.8) is 0 Å². The topological polar surface area (TPSA) is 49.7 Å². The number of rotatable bonds is 0. The first-order valence-electron chi connectivity index (χ1n) is 3.10. The second-order valence-corrected chi connectivity index (χ2v) is 4.88. The molecular formula is C5H6N2O2S2. The van der Waals surface area contributed by atoms with E-state index in [9.17, 15) is 8.42 Å². The molecule has 0 N–H and O–H groups in total. The van der Waals surface area contributed by atoms with Crippen molar-refractivity contribution in [1.82, 2.24) is 4.90 Å². The van der Waals surface area contributed by atoms with Gasteiger partial charge in [0, 0.05) is 12.7 Å². The molecule has 2 rings (SSSR count). The fourth-order valence-corrected chi connectivity index (χ4v) is 2.91. The van der Waals surface area contributed by atoms with Crippen molar-refractivity contribution in [2.24, 2.45) is 4.40 Å². The number of fused-ring (bicyclic) bond motifs is 1. The van der Waals surface area contributed by atoms with Gasteiger partial charge in [-0.3, -0.25) is 0 Å². The highest BCUT2D eigenvalue weighted by molar-refractivity contribution is 8.17. The molecule has 0 unspecified atom stereocenters. The molecular weight excluding hydrogens is 184 g/mol. The molecule has 0 amide bonds. The summed E-state index contributed by atoms with van der Waals surface area (Å²) >= 11 is 1.34. The van der Waals surface area contributed by atoms with Crippen LogP contribution in [0, 0.1) is 0 Å². The van der Waals surface area contributed by atoms with Crippen LogP contribution in [0.25, 0.3) is 0 Å². The van der Waals surface area contributed by atoms with Gasteiger partial charge in [0.1, 0.15) is 0 Å².